The zero-order chi connectivity index (χ0) is 13.6. The molecule has 1 aliphatic carbocycles. The molecule has 0 aromatic rings. The van der Waals surface area contributed by atoms with Crippen molar-refractivity contribution in [3.8, 4) is 0 Å². The van der Waals surface area contributed by atoms with Gasteiger partial charge in [0.2, 0.25) is 0 Å². The highest BCUT2D eigenvalue weighted by Crippen LogP contribution is 2.37. The number of hydrogen-bond acceptors (Lipinski definition) is 4. The normalized spacial score (nSPS) is 30.0. The van der Waals surface area contributed by atoms with Crippen LogP contribution in [0.2, 0.25) is 0 Å². The Kier molecular flexibility index (Phi) is 6.07. The lowest BCUT2D eigenvalue weighted by atomic mass is 9.87. The number of likely N-dealkylation sites (N-methyl/N-ethyl adjacent to an activating group) is 1. The number of unbranched alkanes of at least 4 members (excludes halogenated alkanes) is 3. The van der Waals surface area contributed by atoms with Gasteiger partial charge in [-0.05, 0) is 19.9 Å². The molecule has 1 aliphatic heterocycles. The second-order valence-corrected chi connectivity index (χ2v) is 5.72. The van der Waals surface area contributed by atoms with Crippen molar-refractivity contribution in [2.75, 3.05) is 26.9 Å². The maximum atomic E-state index is 6.10. The zero-order valence-corrected chi connectivity index (χ0v) is 12.5. The Bertz CT molecular complexity index is 254. The summed E-state index contributed by atoms with van der Waals surface area (Å²) in [5.74, 6) is -0.346. The van der Waals surface area contributed by atoms with Gasteiger partial charge >= 0.3 is 0 Å². The molecule has 0 aromatic heterocycles. The summed E-state index contributed by atoms with van der Waals surface area (Å²) in [5, 5.41) is 3.38. The summed E-state index contributed by atoms with van der Waals surface area (Å²) < 4.78 is 17.7. The van der Waals surface area contributed by atoms with E-state index in [2.05, 4.69) is 12.2 Å². The van der Waals surface area contributed by atoms with E-state index in [1.807, 2.05) is 7.05 Å². The lowest BCUT2D eigenvalue weighted by Gasteiger charge is -2.40. The van der Waals surface area contributed by atoms with E-state index in [0.717, 1.165) is 45.5 Å². The molecule has 2 aliphatic rings. The lowest BCUT2D eigenvalue weighted by Crippen LogP contribution is -2.51. The summed E-state index contributed by atoms with van der Waals surface area (Å²) in [6, 6.07) is 0.435. The van der Waals surface area contributed by atoms with Crippen LogP contribution in [0.3, 0.4) is 0 Å². The maximum Gasteiger partial charge on any atom is 0.171 e. The fraction of sp³-hybridized carbons (Fsp3) is 1.00. The van der Waals surface area contributed by atoms with Crippen molar-refractivity contribution in [3.05, 3.63) is 0 Å². The van der Waals surface area contributed by atoms with Gasteiger partial charge < -0.3 is 19.5 Å². The van der Waals surface area contributed by atoms with E-state index < -0.39 is 0 Å². The van der Waals surface area contributed by atoms with E-state index in [1.165, 1.54) is 19.3 Å². The van der Waals surface area contributed by atoms with Crippen LogP contribution in [0.4, 0.5) is 0 Å². The molecule has 0 aromatic carbocycles. The van der Waals surface area contributed by atoms with Crippen molar-refractivity contribution in [1.82, 2.24) is 5.32 Å². The molecule has 4 nitrogen and oxygen atoms in total. The number of rotatable bonds is 7. The second-order valence-electron chi connectivity index (χ2n) is 5.72. The van der Waals surface area contributed by atoms with Crippen molar-refractivity contribution in [2.24, 2.45) is 0 Å². The molecule has 2 atom stereocenters. The maximum absolute atomic E-state index is 6.10. The van der Waals surface area contributed by atoms with Gasteiger partial charge in [-0.3, -0.25) is 0 Å². The van der Waals surface area contributed by atoms with Gasteiger partial charge in [0, 0.05) is 25.5 Å². The largest absolute Gasteiger partial charge is 0.376 e. The van der Waals surface area contributed by atoms with Crippen LogP contribution in [-0.4, -0.2) is 44.8 Å². The first-order valence-electron chi connectivity index (χ1n) is 7.86. The molecule has 1 saturated heterocycles. The van der Waals surface area contributed by atoms with Crippen LogP contribution in [0.1, 0.15) is 51.9 Å². The van der Waals surface area contributed by atoms with Crippen molar-refractivity contribution in [2.45, 2.75) is 69.8 Å². The quantitative estimate of drug-likeness (QED) is 0.722. The minimum Gasteiger partial charge on any atom is -0.376 e. The summed E-state index contributed by atoms with van der Waals surface area (Å²) in [7, 11) is 2.02. The first-order chi connectivity index (χ1) is 9.29. The van der Waals surface area contributed by atoms with E-state index in [9.17, 15) is 0 Å². The molecule has 1 spiro atoms. The number of hydrogen-bond donors (Lipinski definition) is 1. The third-order valence-corrected chi connectivity index (χ3v) is 4.31. The van der Waals surface area contributed by atoms with Gasteiger partial charge in [0.1, 0.15) is 0 Å². The van der Waals surface area contributed by atoms with Crippen LogP contribution < -0.4 is 5.32 Å². The Morgan fingerprint density at radius 3 is 2.68 bits per heavy atom. The van der Waals surface area contributed by atoms with Gasteiger partial charge in [-0.2, -0.15) is 0 Å². The Morgan fingerprint density at radius 1 is 1.21 bits per heavy atom. The van der Waals surface area contributed by atoms with Crippen LogP contribution in [-0.2, 0) is 14.2 Å². The van der Waals surface area contributed by atoms with Crippen molar-refractivity contribution < 1.29 is 14.2 Å². The Morgan fingerprint density at radius 2 is 2.00 bits per heavy atom. The molecule has 0 amide bonds. The first-order valence-corrected chi connectivity index (χ1v) is 7.86. The topological polar surface area (TPSA) is 39.7 Å². The fourth-order valence-electron chi connectivity index (χ4n) is 3.14. The molecule has 4 heteroatoms. The molecule has 1 heterocycles. The van der Waals surface area contributed by atoms with Gasteiger partial charge in [-0.1, -0.05) is 26.2 Å². The van der Waals surface area contributed by atoms with Crippen LogP contribution in [0, 0.1) is 0 Å². The highest BCUT2D eigenvalue weighted by molar-refractivity contribution is 4.91. The smallest absolute Gasteiger partial charge is 0.171 e. The monoisotopic (exact) mass is 271 g/mol. The molecule has 1 N–H and O–H groups in total. The van der Waals surface area contributed by atoms with Gasteiger partial charge in [-0.15, -0.1) is 0 Å². The molecule has 19 heavy (non-hydrogen) atoms. The summed E-state index contributed by atoms with van der Waals surface area (Å²) in [6.07, 6.45) is 8.14. The first kappa shape index (κ1) is 15.2. The second kappa shape index (κ2) is 7.58. The molecular weight excluding hydrogens is 242 g/mol. The molecule has 0 radical (unpaired) electrons. The van der Waals surface area contributed by atoms with E-state index in [-0.39, 0.29) is 11.9 Å². The molecule has 2 rings (SSSR count). The minimum absolute atomic E-state index is 0.221. The average Bonchev–Trinajstić information content (AvgIpc) is 2.87. The third-order valence-electron chi connectivity index (χ3n) is 4.31. The highest BCUT2D eigenvalue weighted by Gasteiger charge is 2.45. The van der Waals surface area contributed by atoms with Crippen LogP contribution >= 0.6 is 0 Å². The van der Waals surface area contributed by atoms with E-state index in [4.69, 9.17) is 14.2 Å². The number of ether oxygens (including phenoxy) is 3. The van der Waals surface area contributed by atoms with E-state index in [0.29, 0.717) is 6.04 Å². The Balaban J connectivity index is 1.77. The average molecular weight is 271 g/mol. The summed E-state index contributed by atoms with van der Waals surface area (Å²) in [4.78, 5) is 0. The lowest BCUT2D eigenvalue weighted by molar-refractivity contribution is -0.206. The van der Waals surface area contributed by atoms with Crippen LogP contribution in [0.5, 0.6) is 0 Å². The summed E-state index contributed by atoms with van der Waals surface area (Å²) >= 11 is 0. The van der Waals surface area contributed by atoms with Crippen molar-refractivity contribution in [1.29, 1.82) is 0 Å². The number of nitrogens with one attached hydrogen (secondary N) is 1. The van der Waals surface area contributed by atoms with Crippen LogP contribution in [0.25, 0.3) is 0 Å². The minimum atomic E-state index is -0.346. The molecule has 2 unspecified atom stereocenters. The van der Waals surface area contributed by atoms with Gasteiger partial charge in [-0.25, -0.2) is 0 Å². The molecular formula is C15H29NO3. The zero-order valence-electron chi connectivity index (χ0n) is 12.5. The summed E-state index contributed by atoms with van der Waals surface area (Å²) in [5.41, 5.74) is 0. The van der Waals surface area contributed by atoms with Gasteiger partial charge in [0.15, 0.2) is 5.79 Å². The Labute approximate surface area is 117 Å². The SMILES string of the molecule is CCCCCCOC1CC2(CCC1NC)OCCO2. The highest BCUT2D eigenvalue weighted by atomic mass is 16.7. The van der Waals surface area contributed by atoms with E-state index in [1.54, 1.807) is 0 Å². The molecule has 0 bridgehead atoms. The summed E-state index contributed by atoms with van der Waals surface area (Å²) in [6.45, 7) is 4.55. The molecule has 1 saturated carbocycles. The van der Waals surface area contributed by atoms with Crippen molar-refractivity contribution >= 4 is 0 Å². The van der Waals surface area contributed by atoms with Gasteiger partial charge in [0.05, 0.1) is 19.3 Å². The Hall–Kier alpha value is -0.160. The molecule has 112 valence electrons. The van der Waals surface area contributed by atoms with Gasteiger partial charge in [0.25, 0.3) is 0 Å². The molecule has 2 fully saturated rings. The van der Waals surface area contributed by atoms with Crippen LogP contribution in [0.15, 0.2) is 0 Å². The predicted molar refractivity (Wildman–Crippen MR) is 75.2 cm³/mol. The standard InChI is InChI=1S/C15H29NO3/c1-3-4-5-6-9-17-14-12-15(18-10-11-19-15)8-7-13(14)16-2/h13-14,16H,3-12H2,1-2H3. The van der Waals surface area contributed by atoms with E-state index >= 15 is 0 Å². The third kappa shape index (κ3) is 4.15. The predicted octanol–water partition coefficient (Wildman–Crippen LogP) is 2.47. The van der Waals surface area contributed by atoms with Crippen molar-refractivity contribution in [3.63, 3.8) is 0 Å². The fourth-order valence-corrected chi connectivity index (χ4v) is 3.14.